The molecule has 14 heavy (non-hydrogen) atoms. The molecule has 0 aromatic rings. The molecule has 84 valence electrons. The summed E-state index contributed by atoms with van der Waals surface area (Å²) in [6, 6.07) is 0.262. The smallest absolute Gasteiger partial charge is 0.372 e. The lowest BCUT2D eigenvalue weighted by Gasteiger charge is -2.33. The predicted octanol–water partition coefficient (Wildman–Crippen LogP) is 2.08. The molecule has 2 unspecified atom stereocenters. The zero-order valence-electron chi connectivity index (χ0n) is 8.02. The largest absolute Gasteiger partial charge is 0.411 e. The van der Waals surface area contributed by atoms with Crippen molar-refractivity contribution in [2.75, 3.05) is 13.2 Å². The Morgan fingerprint density at radius 2 is 2.00 bits per heavy atom. The molecule has 0 heterocycles. The van der Waals surface area contributed by atoms with Crippen LogP contribution < -0.4 is 5.73 Å². The van der Waals surface area contributed by atoms with E-state index in [4.69, 9.17) is 5.73 Å². The van der Waals surface area contributed by atoms with Gasteiger partial charge in [0.05, 0.1) is 0 Å². The van der Waals surface area contributed by atoms with Gasteiger partial charge in [0.1, 0.15) is 6.61 Å². The van der Waals surface area contributed by atoms with E-state index in [1.54, 1.807) is 0 Å². The van der Waals surface area contributed by atoms with Crippen LogP contribution in [0.3, 0.4) is 0 Å². The molecule has 1 aliphatic carbocycles. The fraction of sp³-hybridized carbons (Fsp3) is 1.00. The van der Waals surface area contributed by atoms with Crippen molar-refractivity contribution in [2.45, 2.75) is 37.9 Å². The van der Waals surface area contributed by atoms with Gasteiger partial charge in [0.2, 0.25) is 0 Å². The molecule has 0 aliphatic heterocycles. The number of rotatable bonds is 5. The van der Waals surface area contributed by atoms with E-state index in [1.165, 1.54) is 0 Å². The topological polar surface area (TPSA) is 35.2 Å². The third-order valence-electron chi connectivity index (χ3n) is 2.61. The Balaban J connectivity index is 1.90. The minimum atomic E-state index is -4.20. The number of halogens is 3. The second kappa shape index (κ2) is 4.98. The molecule has 1 rings (SSSR count). The van der Waals surface area contributed by atoms with Crippen molar-refractivity contribution in [3.05, 3.63) is 0 Å². The summed E-state index contributed by atoms with van der Waals surface area (Å²) in [5, 5.41) is 0. The summed E-state index contributed by atoms with van der Waals surface area (Å²) < 4.78 is 39.4. The maximum Gasteiger partial charge on any atom is 0.411 e. The van der Waals surface area contributed by atoms with E-state index in [0.29, 0.717) is 12.3 Å². The van der Waals surface area contributed by atoms with Gasteiger partial charge in [-0.25, -0.2) is 0 Å². The van der Waals surface area contributed by atoms with E-state index in [2.05, 4.69) is 4.74 Å². The van der Waals surface area contributed by atoms with Crippen LogP contribution in [0.15, 0.2) is 0 Å². The summed E-state index contributed by atoms with van der Waals surface area (Å²) >= 11 is 0. The van der Waals surface area contributed by atoms with Crippen LogP contribution in [0.1, 0.15) is 25.7 Å². The van der Waals surface area contributed by atoms with Gasteiger partial charge in [-0.15, -0.1) is 0 Å². The molecular weight excluding hydrogens is 195 g/mol. The van der Waals surface area contributed by atoms with Crippen molar-refractivity contribution in [3.8, 4) is 0 Å². The quantitative estimate of drug-likeness (QED) is 0.706. The van der Waals surface area contributed by atoms with Crippen LogP contribution in [0.2, 0.25) is 0 Å². The van der Waals surface area contributed by atoms with Crippen molar-refractivity contribution in [2.24, 2.45) is 11.7 Å². The highest BCUT2D eigenvalue weighted by atomic mass is 19.4. The number of alkyl halides is 3. The average Bonchev–Trinajstić information content (AvgIpc) is 2.06. The molecular formula is C9H16F3NO. The predicted molar refractivity (Wildman–Crippen MR) is 46.8 cm³/mol. The van der Waals surface area contributed by atoms with Crippen LogP contribution in [-0.2, 0) is 4.74 Å². The summed E-state index contributed by atoms with van der Waals surface area (Å²) in [5.41, 5.74) is 5.69. The van der Waals surface area contributed by atoms with Gasteiger partial charge in [-0.05, 0) is 31.6 Å². The lowest BCUT2D eigenvalue weighted by molar-refractivity contribution is -0.174. The molecule has 2 N–H and O–H groups in total. The maximum absolute atomic E-state index is 11.6. The van der Waals surface area contributed by atoms with Crippen LogP contribution in [-0.4, -0.2) is 25.4 Å². The average molecular weight is 211 g/mol. The van der Waals surface area contributed by atoms with Gasteiger partial charge in [0, 0.05) is 12.6 Å². The first-order chi connectivity index (χ1) is 6.49. The van der Waals surface area contributed by atoms with Gasteiger partial charge >= 0.3 is 6.18 Å². The summed E-state index contributed by atoms with van der Waals surface area (Å²) in [6.07, 6.45) is -0.477. The van der Waals surface area contributed by atoms with Gasteiger partial charge in [-0.1, -0.05) is 0 Å². The van der Waals surface area contributed by atoms with Gasteiger partial charge in [-0.3, -0.25) is 0 Å². The third kappa shape index (κ3) is 4.28. The molecule has 0 aromatic carbocycles. The standard InChI is InChI=1S/C9H16F3NO/c10-9(11,12)6-14-5-1-2-7-3-4-8(7)13/h7-8H,1-6,13H2. The van der Waals surface area contributed by atoms with Crippen LogP contribution in [0.4, 0.5) is 13.2 Å². The zero-order chi connectivity index (χ0) is 10.6. The zero-order valence-corrected chi connectivity index (χ0v) is 8.02. The molecule has 1 saturated carbocycles. The Labute approximate surface area is 81.6 Å². The first kappa shape index (κ1) is 11.8. The van der Waals surface area contributed by atoms with E-state index in [0.717, 1.165) is 19.3 Å². The van der Waals surface area contributed by atoms with Crippen molar-refractivity contribution in [1.82, 2.24) is 0 Å². The van der Waals surface area contributed by atoms with Gasteiger partial charge in [-0.2, -0.15) is 13.2 Å². The van der Waals surface area contributed by atoms with Crippen LogP contribution in [0, 0.1) is 5.92 Å². The second-order valence-corrected chi connectivity index (χ2v) is 3.81. The lowest BCUT2D eigenvalue weighted by atomic mass is 9.77. The van der Waals surface area contributed by atoms with E-state index < -0.39 is 12.8 Å². The van der Waals surface area contributed by atoms with Gasteiger partial charge in [0.25, 0.3) is 0 Å². The molecule has 1 aliphatic rings. The van der Waals surface area contributed by atoms with E-state index >= 15 is 0 Å². The molecule has 1 fully saturated rings. The minimum absolute atomic E-state index is 0.183. The van der Waals surface area contributed by atoms with E-state index in [1.807, 2.05) is 0 Å². The first-order valence-corrected chi connectivity index (χ1v) is 4.89. The summed E-state index contributed by atoms with van der Waals surface area (Å²) in [7, 11) is 0. The second-order valence-electron chi connectivity index (χ2n) is 3.81. The van der Waals surface area contributed by atoms with Crippen molar-refractivity contribution >= 4 is 0 Å². The molecule has 0 spiro atoms. The SMILES string of the molecule is NC1CCC1CCCOCC(F)(F)F. The normalized spacial score (nSPS) is 27.4. The first-order valence-electron chi connectivity index (χ1n) is 4.89. The van der Waals surface area contributed by atoms with Gasteiger partial charge < -0.3 is 10.5 Å². The summed E-state index contributed by atoms with van der Waals surface area (Å²) in [5.74, 6) is 0.504. The molecule has 0 aromatic heterocycles. The van der Waals surface area contributed by atoms with Crippen LogP contribution in [0.25, 0.3) is 0 Å². The third-order valence-corrected chi connectivity index (χ3v) is 2.61. The molecule has 2 atom stereocenters. The summed E-state index contributed by atoms with van der Waals surface area (Å²) in [6.45, 7) is -0.952. The van der Waals surface area contributed by atoms with Crippen molar-refractivity contribution < 1.29 is 17.9 Å². The van der Waals surface area contributed by atoms with Crippen LogP contribution in [0.5, 0.6) is 0 Å². The highest BCUT2D eigenvalue weighted by Crippen LogP contribution is 2.29. The molecule has 0 saturated heterocycles. The monoisotopic (exact) mass is 211 g/mol. The molecule has 5 heteroatoms. The highest BCUT2D eigenvalue weighted by molar-refractivity contribution is 4.83. The Bertz CT molecular complexity index is 172. The summed E-state index contributed by atoms with van der Waals surface area (Å²) in [4.78, 5) is 0. The number of hydrogen-bond acceptors (Lipinski definition) is 2. The number of ether oxygens (including phenoxy) is 1. The maximum atomic E-state index is 11.6. The molecule has 0 radical (unpaired) electrons. The molecule has 0 bridgehead atoms. The molecule has 0 amide bonds. The number of hydrogen-bond donors (Lipinski definition) is 1. The van der Waals surface area contributed by atoms with Crippen LogP contribution >= 0.6 is 0 Å². The molecule has 2 nitrogen and oxygen atoms in total. The van der Waals surface area contributed by atoms with E-state index in [9.17, 15) is 13.2 Å². The van der Waals surface area contributed by atoms with E-state index in [-0.39, 0.29) is 12.6 Å². The fourth-order valence-corrected chi connectivity index (χ4v) is 1.59. The fourth-order valence-electron chi connectivity index (χ4n) is 1.59. The van der Waals surface area contributed by atoms with Crippen molar-refractivity contribution in [3.63, 3.8) is 0 Å². The van der Waals surface area contributed by atoms with Crippen molar-refractivity contribution in [1.29, 1.82) is 0 Å². The Morgan fingerprint density at radius 1 is 1.29 bits per heavy atom. The number of nitrogens with two attached hydrogens (primary N) is 1. The Hall–Kier alpha value is -0.290. The highest BCUT2D eigenvalue weighted by Gasteiger charge is 2.28. The Kier molecular flexibility index (Phi) is 4.19. The van der Waals surface area contributed by atoms with Gasteiger partial charge in [0.15, 0.2) is 0 Å². The minimum Gasteiger partial charge on any atom is -0.372 e. The lowest BCUT2D eigenvalue weighted by Crippen LogP contribution is -2.39. The Morgan fingerprint density at radius 3 is 2.43 bits per heavy atom.